The highest BCUT2D eigenvalue weighted by molar-refractivity contribution is 5.86. The van der Waals surface area contributed by atoms with E-state index in [2.05, 4.69) is 9.84 Å². The van der Waals surface area contributed by atoms with Gasteiger partial charge in [0.2, 0.25) is 5.76 Å². The molecule has 2 rings (SSSR count). The summed E-state index contributed by atoms with van der Waals surface area (Å²) in [6.45, 7) is 0.159. The number of nitriles is 1. The summed E-state index contributed by atoms with van der Waals surface area (Å²) in [5, 5.41) is 12.3. The minimum atomic E-state index is -0.640. The van der Waals surface area contributed by atoms with E-state index < -0.39 is 5.97 Å². The minimum Gasteiger partial charge on any atom is -0.452 e. The Kier molecular flexibility index (Phi) is 3.21. The first-order valence-electron chi connectivity index (χ1n) is 4.90. The summed E-state index contributed by atoms with van der Waals surface area (Å²) in [4.78, 5) is 11.3. The Labute approximate surface area is 97.0 Å². The van der Waals surface area contributed by atoms with Crippen LogP contribution in [-0.4, -0.2) is 22.4 Å². The Morgan fingerprint density at radius 2 is 2.47 bits per heavy atom. The number of rotatable bonds is 4. The van der Waals surface area contributed by atoms with Gasteiger partial charge in [0.05, 0.1) is 6.54 Å². The first-order valence-corrected chi connectivity index (χ1v) is 4.90. The highest BCUT2D eigenvalue weighted by atomic mass is 16.5. The van der Waals surface area contributed by atoms with Gasteiger partial charge in [0.15, 0.2) is 6.61 Å². The van der Waals surface area contributed by atoms with Gasteiger partial charge >= 0.3 is 5.97 Å². The predicted molar refractivity (Wildman–Crippen MR) is 55.9 cm³/mol. The summed E-state index contributed by atoms with van der Waals surface area (Å²) in [6, 6.07) is 6.69. The molecule has 17 heavy (non-hydrogen) atoms. The quantitative estimate of drug-likeness (QED) is 0.738. The van der Waals surface area contributed by atoms with Crippen molar-refractivity contribution < 1.29 is 13.9 Å². The second kappa shape index (κ2) is 4.99. The third kappa shape index (κ3) is 2.72. The molecular formula is C11H9N3O3. The first kappa shape index (κ1) is 11.0. The van der Waals surface area contributed by atoms with Crippen LogP contribution in [0.2, 0.25) is 0 Å². The summed E-state index contributed by atoms with van der Waals surface area (Å²) in [5.41, 5.74) is 0. The van der Waals surface area contributed by atoms with Crippen molar-refractivity contribution in [3.63, 3.8) is 0 Å². The van der Waals surface area contributed by atoms with E-state index in [1.54, 1.807) is 35.3 Å². The van der Waals surface area contributed by atoms with E-state index in [1.165, 1.54) is 6.07 Å². The molecule has 0 aromatic carbocycles. The molecule has 0 atom stereocenters. The fraction of sp³-hybridized carbons (Fsp3) is 0.182. The van der Waals surface area contributed by atoms with Gasteiger partial charge in [-0.3, -0.25) is 4.68 Å². The maximum absolute atomic E-state index is 11.3. The largest absolute Gasteiger partial charge is 0.452 e. The van der Waals surface area contributed by atoms with Crippen LogP contribution < -0.4 is 0 Å². The molecule has 0 saturated carbocycles. The smallest absolute Gasteiger partial charge is 0.375 e. The van der Waals surface area contributed by atoms with Crippen molar-refractivity contribution in [2.45, 2.75) is 6.54 Å². The number of nitrogens with zero attached hydrogens (tertiary/aromatic N) is 3. The molecule has 0 amide bonds. The summed E-state index contributed by atoms with van der Waals surface area (Å²) in [6.07, 6.45) is 3.45. The monoisotopic (exact) mass is 231 g/mol. The zero-order chi connectivity index (χ0) is 12.1. The maximum Gasteiger partial charge on any atom is 0.375 e. The molecule has 0 fully saturated rings. The van der Waals surface area contributed by atoms with Gasteiger partial charge in [0.1, 0.15) is 11.8 Å². The first-order chi connectivity index (χ1) is 8.29. The number of furan rings is 1. The summed E-state index contributed by atoms with van der Waals surface area (Å²) in [7, 11) is 0. The summed E-state index contributed by atoms with van der Waals surface area (Å²) in [5.74, 6) is 0.0401. The van der Waals surface area contributed by atoms with Crippen molar-refractivity contribution in [2.75, 3.05) is 6.61 Å². The second-order valence-electron chi connectivity index (χ2n) is 3.20. The van der Waals surface area contributed by atoms with Gasteiger partial charge in [-0.05, 0) is 18.2 Å². The number of hydrogen-bond acceptors (Lipinski definition) is 5. The van der Waals surface area contributed by atoms with Crippen molar-refractivity contribution in [3.8, 4) is 6.07 Å². The lowest BCUT2D eigenvalue weighted by Gasteiger charge is -1.98. The van der Waals surface area contributed by atoms with Crippen LogP contribution in [0, 0.1) is 11.3 Å². The van der Waals surface area contributed by atoms with Crippen LogP contribution in [0.5, 0.6) is 0 Å². The number of carbonyl (C=O) groups excluding carboxylic acids is 1. The van der Waals surface area contributed by atoms with E-state index in [9.17, 15) is 4.79 Å². The molecule has 0 aliphatic rings. The van der Waals surface area contributed by atoms with Crippen molar-refractivity contribution >= 4 is 5.97 Å². The second-order valence-corrected chi connectivity index (χ2v) is 3.20. The molecular weight excluding hydrogens is 222 g/mol. The fourth-order valence-corrected chi connectivity index (χ4v) is 1.30. The lowest BCUT2D eigenvalue weighted by Crippen LogP contribution is -2.04. The molecule has 0 unspecified atom stereocenters. The number of aromatic nitrogens is 2. The average molecular weight is 231 g/mol. The lowest BCUT2D eigenvalue weighted by atomic mass is 10.4. The molecule has 0 saturated heterocycles. The molecule has 6 heteroatoms. The molecule has 2 heterocycles. The Hall–Kier alpha value is -2.55. The van der Waals surface area contributed by atoms with Crippen LogP contribution in [0.4, 0.5) is 0 Å². The van der Waals surface area contributed by atoms with E-state index in [-0.39, 0.29) is 12.4 Å². The number of ether oxygens (including phenoxy) is 1. The van der Waals surface area contributed by atoms with Crippen molar-refractivity contribution in [1.29, 1.82) is 5.26 Å². The summed E-state index contributed by atoms with van der Waals surface area (Å²) < 4.78 is 11.6. The SMILES string of the molecule is N#CCOC(=O)c1ccc(Cn2cccn2)o1. The van der Waals surface area contributed by atoms with E-state index in [0.717, 1.165) is 0 Å². The van der Waals surface area contributed by atoms with Gasteiger partial charge < -0.3 is 9.15 Å². The standard InChI is InChI=1S/C11H9N3O3/c12-4-7-16-11(15)10-3-2-9(17-10)8-14-6-1-5-13-14/h1-3,5-6H,7-8H2. The Morgan fingerprint density at radius 3 is 3.18 bits per heavy atom. The maximum atomic E-state index is 11.3. The molecule has 0 aliphatic heterocycles. The molecule has 2 aromatic heterocycles. The highest BCUT2D eigenvalue weighted by Gasteiger charge is 2.12. The molecule has 6 nitrogen and oxygen atoms in total. The third-order valence-electron chi connectivity index (χ3n) is 2.01. The zero-order valence-corrected chi connectivity index (χ0v) is 8.87. The fourth-order valence-electron chi connectivity index (χ4n) is 1.30. The topological polar surface area (TPSA) is 81.0 Å². The zero-order valence-electron chi connectivity index (χ0n) is 8.87. The van der Waals surface area contributed by atoms with Crippen LogP contribution in [0.1, 0.15) is 16.3 Å². The minimum absolute atomic E-state index is 0.0856. The summed E-state index contributed by atoms with van der Waals surface area (Å²) >= 11 is 0. The average Bonchev–Trinajstić information content (AvgIpc) is 2.98. The van der Waals surface area contributed by atoms with E-state index in [0.29, 0.717) is 12.3 Å². The van der Waals surface area contributed by atoms with Crippen molar-refractivity contribution in [3.05, 3.63) is 42.1 Å². The Balaban J connectivity index is 2.01. The van der Waals surface area contributed by atoms with E-state index in [4.69, 9.17) is 9.68 Å². The van der Waals surface area contributed by atoms with Crippen LogP contribution >= 0.6 is 0 Å². The normalized spacial score (nSPS) is 9.82. The van der Waals surface area contributed by atoms with Crippen LogP contribution in [0.3, 0.4) is 0 Å². The molecule has 2 aromatic rings. The number of esters is 1. The van der Waals surface area contributed by atoms with Gasteiger partial charge in [0.25, 0.3) is 0 Å². The van der Waals surface area contributed by atoms with Crippen molar-refractivity contribution in [2.24, 2.45) is 0 Å². The molecule has 0 spiro atoms. The van der Waals surface area contributed by atoms with Gasteiger partial charge in [-0.15, -0.1) is 0 Å². The number of hydrogen-bond donors (Lipinski definition) is 0. The highest BCUT2D eigenvalue weighted by Crippen LogP contribution is 2.10. The number of carbonyl (C=O) groups is 1. The Bertz CT molecular complexity index is 537. The van der Waals surface area contributed by atoms with Gasteiger partial charge in [-0.1, -0.05) is 0 Å². The molecule has 0 N–H and O–H groups in total. The lowest BCUT2D eigenvalue weighted by molar-refractivity contribution is 0.0516. The molecule has 0 radical (unpaired) electrons. The van der Waals surface area contributed by atoms with Gasteiger partial charge in [-0.25, -0.2) is 4.79 Å². The molecule has 0 aliphatic carbocycles. The van der Waals surface area contributed by atoms with E-state index in [1.807, 2.05) is 0 Å². The van der Waals surface area contributed by atoms with Crippen molar-refractivity contribution in [1.82, 2.24) is 9.78 Å². The van der Waals surface area contributed by atoms with Crippen LogP contribution in [0.15, 0.2) is 35.0 Å². The van der Waals surface area contributed by atoms with E-state index >= 15 is 0 Å². The molecule has 86 valence electrons. The molecule has 0 bridgehead atoms. The third-order valence-corrected chi connectivity index (χ3v) is 2.01. The predicted octanol–water partition coefficient (Wildman–Crippen LogP) is 1.20. The van der Waals surface area contributed by atoms with Gasteiger partial charge in [-0.2, -0.15) is 10.4 Å². The van der Waals surface area contributed by atoms with Crippen LogP contribution in [-0.2, 0) is 11.3 Å². The Morgan fingerprint density at radius 1 is 1.59 bits per heavy atom. The van der Waals surface area contributed by atoms with Crippen LogP contribution in [0.25, 0.3) is 0 Å². The van der Waals surface area contributed by atoms with Gasteiger partial charge in [0, 0.05) is 12.4 Å².